The lowest BCUT2D eigenvalue weighted by Crippen LogP contribution is -2.41. The van der Waals surface area contributed by atoms with E-state index in [0.29, 0.717) is 31.9 Å². The minimum Gasteiger partial charge on any atom is -0.378 e. The van der Waals surface area contributed by atoms with Gasteiger partial charge in [0.25, 0.3) is 5.91 Å². The van der Waals surface area contributed by atoms with Gasteiger partial charge in [-0.05, 0) is 32.7 Å². The maximum Gasteiger partial charge on any atom is 0.274 e. The molecule has 1 aromatic rings. The van der Waals surface area contributed by atoms with Crippen molar-refractivity contribution in [2.24, 2.45) is 5.73 Å². The Hall–Kier alpha value is -1.53. The van der Waals surface area contributed by atoms with Crippen LogP contribution < -0.4 is 5.73 Å². The van der Waals surface area contributed by atoms with Crippen LogP contribution >= 0.6 is 0 Å². The minimum atomic E-state index is -0.0436. The number of aryl methyl sites for hydroxylation is 1. The number of likely N-dealkylation sites (tertiary alicyclic amines) is 1. The molecule has 0 aliphatic carbocycles. The normalized spacial score (nSPS) is 16.4. The third kappa shape index (κ3) is 3.98. The average Bonchev–Trinajstić information content (AvgIpc) is 2.48. The van der Waals surface area contributed by atoms with Gasteiger partial charge in [0.2, 0.25) is 0 Å². The van der Waals surface area contributed by atoms with E-state index in [9.17, 15) is 4.79 Å². The molecule has 1 aliphatic rings. The first-order valence-corrected chi connectivity index (χ1v) is 7.10. The molecule has 2 rings (SSSR count). The molecule has 0 aromatic carbocycles. The number of hydrogen-bond donors (Lipinski definition) is 1. The van der Waals surface area contributed by atoms with E-state index in [1.807, 2.05) is 11.8 Å². The van der Waals surface area contributed by atoms with Gasteiger partial charge < -0.3 is 15.4 Å². The summed E-state index contributed by atoms with van der Waals surface area (Å²) in [6.07, 6.45) is 6.04. The number of hydrogen-bond acceptors (Lipinski definition) is 5. The van der Waals surface area contributed by atoms with Crippen LogP contribution in [0.25, 0.3) is 0 Å². The minimum absolute atomic E-state index is 0.0436. The molecule has 110 valence electrons. The summed E-state index contributed by atoms with van der Waals surface area (Å²) in [5.41, 5.74) is 6.66. The van der Waals surface area contributed by atoms with Crippen LogP contribution in [0.3, 0.4) is 0 Å². The van der Waals surface area contributed by atoms with Crippen LogP contribution in [0.2, 0.25) is 0 Å². The zero-order valence-corrected chi connectivity index (χ0v) is 11.9. The van der Waals surface area contributed by atoms with E-state index in [1.165, 1.54) is 0 Å². The third-order valence-electron chi connectivity index (χ3n) is 3.43. The highest BCUT2D eigenvalue weighted by atomic mass is 16.5. The van der Waals surface area contributed by atoms with Gasteiger partial charge in [0.15, 0.2) is 0 Å². The van der Waals surface area contributed by atoms with Crippen molar-refractivity contribution in [2.45, 2.75) is 32.3 Å². The molecule has 0 spiro atoms. The van der Waals surface area contributed by atoms with Crippen molar-refractivity contribution in [1.29, 1.82) is 0 Å². The molecule has 0 radical (unpaired) electrons. The number of ether oxygens (including phenoxy) is 1. The summed E-state index contributed by atoms with van der Waals surface area (Å²) in [5.74, 6) is -0.0436. The summed E-state index contributed by atoms with van der Waals surface area (Å²) in [7, 11) is 0. The lowest BCUT2D eigenvalue weighted by atomic mass is 10.1. The van der Waals surface area contributed by atoms with Crippen molar-refractivity contribution < 1.29 is 9.53 Å². The predicted octanol–water partition coefficient (Wildman–Crippen LogP) is 0.755. The van der Waals surface area contributed by atoms with E-state index in [2.05, 4.69) is 9.97 Å². The Bertz CT molecular complexity index is 427. The quantitative estimate of drug-likeness (QED) is 0.804. The Morgan fingerprint density at radius 2 is 2.15 bits per heavy atom. The zero-order valence-electron chi connectivity index (χ0n) is 11.9. The first-order chi connectivity index (χ1) is 9.70. The van der Waals surface area contributed by atoms with Gasteiger partial charge in [0, 0.05) is 25.9 Å². The third-order valence-corrected chi connectivity index (χ3v) is 3.43. The molecular formula is C14H22N4O2. The molecule has 1 saturated heterocycles. The number of nitrogens with two attached hydrogens (primary N) is 1. The van der Waals surface area contributed by atoms with Crippen LogP contribution in [0.15, 0.2) is 12.4 Å². The lowest BCUT2D eigenvalue weighted by Gasteiger charge is -2.31. The molecule has 6 nitrogen and oxygen atoms in total. The molecule has 1 aromatic heterocycles. The monoisotopic (exact) mass is 278 g/mol. The highest BCUT2D eigenvalue weighted by Gasteiger charge is 2.24. The number of nitrogens with zero attached hydrogens (tertiary/aromatic N) is 3. The first kappa shape index (κ1) is 14.9. The summed E-state index contributed by atoms with van der Waals surface area (Å²) in [4.78, 5) is 22.3. The second-order valence-corrected chi connectivity index (χ2v) is 5.05. The maximum atomic E-state index is 12.2. The summed E-state index contributed by atoms with van der Waals surface area (Å²) in [6.45, 7) is 4.64. The molecular weight excluding hydrogens is 256 g/mol. The van der Waals surface area contributed by atoms with Gasteiger partial charge in [-0.15, -0.1) is 0 Å². The number of amides is 1. The van der Waals surface area contributed by atoms with Gasteiger partial charge in [-0.25, -0.2) is 4.98 Å². The zero-order chi connectivity index (χ0) is 14.4. The molecule has 1 amide bonds. The van der Waals surface area contributed by atoms with E-state index in [-0.39, 0.29) is 12.0 Å². The van der Waals surface area contributed by atoms with Crippen molar-refractivity contribution >= 4 is 5.91 Å². The Balaban J connectivity index is 1.81. The van der Waals surface area contributed by atoms with Crippen LogP contribution in [-0.4, -0.2) is 53.1 Å². The molecule has 1 fully saturated rings. The van der Waals surface area contributed by atoms with Crippen molar-refractivity contribution in [3.05, 3.63) is 23.8 Å². The Morgan fingerprint density at radius 1 is 1.40 bits per heavy atom. The van der Waals surface area contributed by atoms with E-state index < -0.39 is 0 Å². The Kier molecular flexibility index (Phi) is 5.43. The van der Waals surface area contributed by atoms with E-state index in [0.717, 1.165) is 25.0 Å². The maximum absolute atomic E-state index is 12.2. The number of aromatic nitrogens is 2. The molecule has 0 saturated carbocycles. The van der Waals surface area contributed by atoms with Crippen molar-refractivity contribution in [2.75, 3.05) is 26.2 Å². The average molecular weight is 278 g/mol. The predicted molar refractivity (Wildman–Crippen MR) is 75.3 cm³/mol. The van der Waals surface area contributed by atoms with Crippen LogP contribution in [0, 0.1) is 6.92 Å². The molecule has 2 N–H and O–H groups in total. The second kappa shape index (κ2) is 7.31. The van der Waals surface area contributed by atoms with Gasteiger partial charge in [0.05, 0.1) is 18.0 Å². The second-order valence-electron chi connectivity index (χ2n) is 5.05. The SMILES string of the molecule is Cc1cnc(C(=O)N2CCC(OCCCN)CC2)cn1. The topological polar surface area (TPSA) is 81.3 Å². The van der Waals surface area contributed by atoms with Crippen LogP contribution in [0.4, 0.5) is 0 Å². The Labute approximate surface area is 119 Å². The van der Waals surface area contributed by atoms with Crippen molar-refractivity contribution in [3.63, 3.8) is 0 Å². The van der Waals surface area contributed by atoms with Gasteiger partial charge >= 0.3 is 0 Å². The van der Waals surface area contributed by atoms with E-state index in [1.54, 1.807) is 12.4 Å². The fraction of sp³-hybridized carbons (Fsp3) is 0.643. The molecule has 6 heteroatoms. The smallest absolute Gasteiger partial charge is 0.274 e. The van der Waals surface area contributed by atoms with E-state index in [4.69, 9.17) is 10.5 Å². The highest BCUT2D eigenvalue weighted by molar-refractivity contribution is 5.92. The molecule has 20 heavy (non-hydrogen) atoms. The number of rotatable bonds is 5. The lowest BCUT2D eigenvalue weighted by molar-refractivity contribution is 0.00828. The molecule has 1 aliphatic heterocycles. The fourth-order valence-corrected chi connectivity index (χ4v) is 2.22. The Morgan fingerprint density at radius 3 is 2.75 bits per heavy atom. The fourth-order valence-electron chi connectivity index (χ4n) is 2.22. The summed E-state index contributed by atoms with van der Waals surface area (Å²) in [6, 6.07) is 0. The number of carbonyl (C=O) groups excluding carboxylic acids is 1. The summed E-state index contributed by atoms with van der Waals surface area (Å²) in [5, 5.41) is 0. The van der Waals surface area contributed by atoms with Gasteiger partial charge in [-0.2, -0.15) is 0 Å². The summed E-state index contributed by atoms with van der Waals surface area (Å²) < 4.78 is 5.73. The summed E-state index contributed by atoms with van der Waals surface area (Å²) >= 11 is 0. The van der Waals surface area contributed by atoms with Crippen molar-refractivity contribution in [1.82, 2.24) is 14.9 Å². The highest BCUT2D eigenvalue weighted by Crippen LogP contribution is 2.15. The largest absolute Gasteiger partial charge is 0.378 e. The van der Waals surface area contributed by atoms with Crippen LogP contribution in [0.1, 0.15) is 35.4 Å². The van der Waals surface area contributed by atoms with Crippen LogP contribution in [0.5, 0.6) is 0 Å². The number of piperidine rings is 1. The van der Waals surface area contributed by atoms with Gasteiger partial charge in [0.1, 0.15) is 5.69 Å². The van der Waals surface area contributed by atoms with E-state index >= 15 is 0 Å². The van der Waals surface area contributed by atoms with Gasteiger partial charge in [-0.1, -0.05) is 0 Å². The standard InChI is InChI=1S/C14H22N4O2/c1-11-9-17-13(10-16-11)14(19)18-6-3-12(4-7-18)20-8-2-5-15/h9-10,12H,2-8,15H2,1H3. The number of carbonyl (C=O) groups is 1. The molecule has 2 heterocycles. The van der Waals surface area contributed by atoms with Crippen molar-refractivity contribution in [3.8, 4) is 0 Å². The molecule has 0 bridgehead atoms. The molecule has 0 atom stereocenters. The van der Waals surface area contributed by atoms with Crippen LogP contribution in [-0.2, 0) is 4.74 Å². The first-order valence-electron chi connectivity index (χ1n) is 7.10. The van der Waals surface area contributed by atoms with Gasteiger partial charge in [-0.3, -0.25) is 9.78 Å². The molecule has 0 unspecified atom stereocenters.